The summed E-state index contributed by atoms with van der Waals surface area (Å²) in [6, 6.07) is 9.65. The summed E-state index contributed by atoms with van der Waals surface area (Å²) in [7, 11) is 1.61. The molecule has 1 aromatic carbocycles. The highest BCUT2D eigenvalue weighted by Gasteiger charge is 2.04. The number of rotatable bonds is 2. The largest absolute Gasteiger partial charge is 0.495 e. The van der Waals surface area contributed by atoms with Crippen LogP contribution in [-0.2, 0) is 0 Å². The molecule has 0 spiro atoms. The molecule has 0 bridgehead atoms. The first-order chi connectivity index (χ1) is 7.70. The predicted molar refractivity (Wildman–Crippen MR) is 66.0 cm³/mol. The minimum Gasteiger partial charge on any atom is -0.495 e. The number of hydrogen-bond acceptors (Lipinski definition) is 2. The lowest BCUT2D eigenvalue weighted by Gasteiger charge is -2.06. The van der Waals surface area contributed by atoms with Crippen LogP contribution in [0.2, 0.25) is 5.02 Å². The summed E-state index contributed by atoms with van der Waals surface area (Å²) in [4.78, 5) is 4.32. The summed E-state index contributed by atoms with van der Waals surface area (Å²) in [6.45, 7) is 2.04. The van der Waals surface area contributed by atoms with E-state index in [1.807, 2.05) is 37.3 Å². The predicted octanol–water partition coefficient (Wildman–Crippen LogP) is 3.72. The van der Waals surface area contributed by atoms with Crippen LogP contribution >= 0.6 is 11.6 Å². The van der Waals surface area contributed by atoms with Crippen LogP contribution in [0.25, 0.3) is 11.3 Å². The first-order valence-electron chi connectivity index (χ1n) is 4.97. The van der Waals surface area contributed by atoms with E-state index >= 15 is 0 Å². The van der Waals surface area contributed by atoms with Crippen LogP contribution in [0.4, 0.5) is 0 Å². The summed E-state index contributed by atoms with van der Waals surface area (Å²) < 4.78 is 5.18. The fraction of sp³-hybridized carbons (Fsp3) is 0.154. The minimum atomic E-state index is 0.610. The molecule has 0 atom stereocenters. The lowest BCUT2D eigenvalue weighted by molar-refractivity contribution is 0.415. The molecule has 3 heteroatoms. The number of aromatic nitrogens is 1. The van der Waals surface area contributed by atoms with Crippen LogP contribution in [0.1, 0.15) is 5.56 Å². The molecule has 0 aliphatic rings. The van der Waals surface area contributed by atoms with Gasteiger partial charge in [0.05, 0.1) is 17.8 Å². The third-order valence-electron chi connectivity index (χ3n) is 2.36. The van der Waals surface area contributed by atoms with E-state index in [1.165, 1.54) is 5.56 Å². The number of methoxy groups -OCH3 is 1. The van der Waals surface area contributed by atoms with Gasteiger partial charge in [-0.25, -0.2) is 0 Å². The standard InChI is InChI=1S/C13H12ClNO/c1-9-5-6-15-12(7-9)10-3-4-11(14)13(8-10)16-2/h3-8H,1-2H3. The van der Waals surface area contributed by atoms with Crippen LogP contribution in [0.5, 0.6) is 5.75 Å². The molecule has 0 N–H and O–H groups in total. The Balaban J connectivity index is 2.48. The maximum Gasteiger partial charge on any atom is 0.138 e. The fourth-order valence-corrected chi connectivity index (χ4v) is 1.71. The van der Waals surface area contributed by atoms with Crippen LogP contribution in [0.3, 0.4) is 0 Å². The van der Waals surface area contributed by atoms with Crippen molar-refractivity contribution in [2.24, 2.45) is 0 Å². The second-order valence-electron chi connectivity index (χ2n) is 3.57. The Hall–Kier alpha value is -1.54. The molecule has 0 saturated heterocycles. The van der Waals surface area contributed by atoms with Gasteiger partial charge in [0.15, 0.2) is 0 Å². The van der Waals surface area contributed by atoms with Crippen LogP contribution in [0.15, 0.2) is 36.5 Å². The van der Waals surface area contributed by atoms with Crippen molar-refractivity contribution in [1.82, 2.24) is 4.98 Å². The van der Waals surface area contributed by atoms with Crippen molar-refractivity contribution >= 4 is 11.6 Å². The van der Waals surface area contributed by atoms with Crippen molar-refractivity contribution in [1.29, 1.82) is 0 Å². The maximum atomic E-state index is 5.97. The van der Waals surface area contributed by atoms with Gasteiger partial charge in [-0.05, 0) is 36.8 Å². The zero-order valence-electron chi connectivity index (χ0n) is 9.20. The van der Waals surface area contributed by atoms with E-state index in [1.54, 1.807) is 13.3 Å². The Morgan fingerprint density at radius 2 is 2.00 bits per heavy atom. The second kappa shape index (κ2) is 4.54. The van der Waals surface area contributed by atoms with E-state index in [0.29, 0.717) is 10.8 Å². The number of halogens is 1. The van der Waals surface area contributed by atoms with Gasteiger partial charge in [-0.2, -0.15) is 0 Å². The zero-order valence-corrected chi connectivity index (χ0v) is 9.95. The Kier molecular flexibility index (Phi) is 3.11. The highest BCUT2D eigenvalue weighted by molar-refractivity contribution is 6.32. The van der Waals surface area contributed by atoms with Crippen LogP contribution in [-0.4, -0.2) is 12.1 Å². The molecule has 0 unspecified atom stereocenters. The highest BCUT2D eigenvalue weighted by atomic mass is 35.5. The van der Waals surface area contributed by atoms with Gasteiger partial charge < -0.3 is 4.74 Å². The van der Waals surface area contributed by atoms with E-state index in [0.717, 1.165) is 11.3 Å². The van der Waals surface area contributed by atoms with E-state index in [4.69, 9.17) is 16.3 Å². The molecule has 16 heavy (non-hydrogen) atoms. The number of hydrogen-bond donors (Lipinski definition) is 0. The molecule has 2 nitrogen and oxygen atoms in total. The monoisotopic (exact) mass is 233 g/mol. The van der Waals surface area contributed by atoms with Gasteiger partial charge in [0, 0.05) is 11.8 Å². The highest BCUT2D eigenvalue weighted by Crippen LogP contribution is 2.29. The van der Waals surface area contributed by atoms with Crippen LogP contribution in [0, 0.1) is 6.92 Å². The fourth-order valence-electron chi connectivity index (χ4n) is 1.51. The molecule has 0 aliphatic carbocycles. The zero-order chi connectivity index (χ0) is 11.5. The molecule has 0 radical (unpaired) electrons. The molecule has 0 aliphatic heterocycles. The summed E-state index contributed by atoms with van der Waals surface area (Å²) >= 11 is 5.97. The van der Waals surface area contributed by atoms with E-state index in [-0.39, 0.29) is 0 Å². The van der Waals surface area contributed by atoms with Crippen molar-refractivity contribution in [2.45, 2.75) is 6.92 Å². The lowest BCUT2D eigenvalue weighted by atomic mass is 10.1. The molecular weight excluding hydrogens is 222 g/mol. The van der Waals surface area contributed by atoms with Gasteiger partial charge in [0.2, 0.25) is 0 Å². The molecule has 0 amide bonds. The van der Waals surface area contributed by atoms with E-state index < -0.39 is 0 Å². The van der Waals surface area contributed by atoms with Gasteiger partial charge in [-0.1, -0.05) is 17.7 Å². The van der Waals surface area contributed by atoms with Crippen molar-refractivity contribution < 1.29 is 4.74 Å². The van der Waals surface area contributed by atoms with E-state index in [9.17, 15) is 0 Å². The average Bonchev–Trinajstić information content (AvgIpc) is 2.29. The summed E-state index contributed by atoms with van der Waals surface area (Å²) in [6.07, 6.45) is 1.80. The molecule has 1 heterocycles. The van der Waals surface area contributed by atoms with Crippen molar-refractivity contribution in [3.05, 3.63) is 47.1 Å². The Labute approximate surface area is 99.9 Å². The van der Waals surface area contributed by atoms with Gasteiger partial charge in [0.25, 0.3) is 0 Å². The topological polar surface area (TPSA) is 22.1 Å². The third kappa shape index (κ3) is 2.17. The first kappa shape index (κ1) is 11.0. The average molecular weight is 234 g/mol. The lowest BCUT2D eigenvalue weighted by Crippen LogP contribution is -1.88. The number of nitrogens with zero attached hydrogens (tertiary/aromatic N) is 1. The summed E-state index contributed by atoms with van der Waals surface area (Å²) in [5, 5.41) is 0.610. The Morgan fingerprint density at radius 3 is 2.69 bits per heavy atom. The number of ether oxygens (including phenoxy) is 1. The Bertz CT molecular complexity index is 511. The molecule has 2 aromatic rings. The van der Waals surface area contributed by atoms with Gasteiger partial charge in [-0.3, -0.25) is 4.98 Å². The molecule has 1 aromatic heterocycles. The van der Waals surface area contributed by atoms with Crippen molar-refractivity contribution in [3.8, 4) is 17.0 Å². The quantitative estimate of drug-likeness (QED) is 0.789. The molecule has 0 fully saturated rings. The smallest absolute Gasteiger partial charge is 0.138 e. The SMILES string of the molecule is COc1cc(-c2cc(C)ccn2)ccc1Cl. The van der Waals surface area contributed by atoms with Crippen molar-refractivity contribution in [3.63, 3.8) is 0 Å². The number of benzene rings is 1. The van der Waals surface area contributed by atoms with E-state index in [2.05, 4.69) is 4.98 Å². The third-order valence-corrected chi connectivity index (χ3v) is 2.67. The van der Waals surface area contributed by atoms with Gasteiger partial charge in [0.1, 0.15) is 5.75 Å². The van der Waals surface area contributed by atoms with Gasteiger partial charge in [-0.15, -0.1) is 0 Å². The van der Waals surface area contributed by atoms with Crippen LogP contribution < -0.4 is 4.74 Å². The normalized spacial score (nSPS) is 10.2. The molecular formula is C13H12ClNO. The summed E-state index contributed by atoms with van der Waals surface area (Å²) in [5.74, 6) is 0.669. The number of aryl methyl sites for hydroxylation is 1. The molecule has 82 valence electrons. The first-order valence-corrected chi connectivity index (χ1v) is 5.35. The number of pyridine rings is 1. The maximum absolute atomic E-state index is 5.97. The Morgan fingerprint density at radius 1 is 1.19 bits per heavy atom. The molecule has 2 rings (SSSR count). The summed E-state index contributed by atoms with van der Waals surface area (Å²) in [5.41, 5.74) is 3.11. The molecule has 0 saturated carbocycles. The van der Waals surface area contributed by atoms with Gasteiger partial charge >= 0.3 is 0 Å². The second-order valence-corrected chi connectivity index (χ2v) is 3.97. The van der Waals surface area contributed by atoms with Crippen molar-refractivity contribution in [2.75, 3.05) is 7.11 Å². The minimum absolute atomic E-state index is 0.610.